The van der Waals surface area contributed by atoms with Gasteiger partial charge in [0, 0.05) is 11.6 Å². The van der Waals surface area contributed by atoms with Crippen molar-refractivity contribution in [1.29, 1.82) is 0 Å². The molecule has 20 heavy (non-hydrogen) atoms. The fourth-order valence-electron chi connectivity index (χ4n) is 2.46. The van der Waals surface area contributed by atoms with Crippen molar-refractivity contribution in [3.63, 3.8) is 0 Å². The fraction of sp³-hybridized carbons (Fsp3) is 0.500. The van der Waals surface area contributed by atoms with E-state index >= 15 is 0 Å². The number of amides is 1. The van der Waals surface area contributed by atoms with Gasteiger partial charge in [-0.1, -0.05) is 15.9 Å². The molecule has 2 N–H and O–H groups in total. The number of rotatable bonds is 4. The average Bonchev–Trinajstić information content (AvgIpc) is 2.43. The molecule has 0 aliphatic carbocycles. The predicted molar refractivity (Wildman–Crippen MR) is 79.1 cm³/mol. The molecule has 0 radical (unpaired) electrons. The Hall–Kier alpha value is -0.980. The van der Waals surface area contributed by atoms with Gasteiger partial charge < -0.3 is 15.4 Å². The highest BCUT2D eigenvalue weighted by molar-refractivity contribution is 9.10. The summed E-state index contributed by atoms with van der Waals surface area (Å²) >= 11 is 3.19. The molecule has 0 unspecified atom stereocenters. The van der Waals surface area contributed by atoms with Crippen molar-refractivity contribution >= 4 is 27.5 Å². The molecule has 0 bridgehead atoms. The van der Waals surface area contributed by atoms with Gasteiger partial charge in [-0.25, -0.2) is 4.39 Å². The SMILES string of the molecule is COCC1(C(=O)Nc2ccc(Br)cc2F)CCNCC1. The summed E-state index contributed by atoms with van der Waals surface area (Å²) < 4.78 is 19.6. The molecule has 1 aliphatic heterocycles. The number of nitrogens with one attached hydrogen (secondary N) is 2. The molecule has 1 fully saturated rings. The van der Waals surface area contributed by atoms with E-state index in [2.05, 4.69) is 26.6 Å². The maximum atomic E-state index is 13.8. The number of benzene rings is 1. The first-order valence-corrected chi connectivity index (χ1v) is 7.33. The van der Waals surface area contributed by atoms with Crippen molar-refractivity contribution in [2.24, 2.45) is 5.41 Å². The molecule has 0 atom stereocenters. The zero-order chi connectivity index (χ0) is 14.6. The predicted octanol–water partition coefficient (Wildman–Crippen LogP) is 2.54. The number of carbonyl (C=O) groups excluding carboxylic acids is 1. The van der Waals surface area contributed by atoms with Gasteiger partial charge in [0.1, 0.15) is 5.82 Å². The number of ether oxygens (including phenoxy) is 1. The van der Waals surface area contributed by atoms with Gasteiger partial charge in [0.15, 0.2) is 0 Å². The Morgan fingerprint density at radius 3 is 2.80 bits per heavy atom. The molecule has 0 spiro atoms. The zero-order valence-corrected chi connectivity index (χ0v) is 12.9. The molecular formula is C14H18BrFN2O2. The van der Waals surface area contributed by atoms with Crippen LogP contribution in [0.15, 0.2) is 22.7 Å². The lowest BCUT2D eigenvalue weighted by atomic mass is 9.78. The molecule has 0 aromatic heterocycles. The monoisotopic (exact) mass is 344 g/mol. The van der Waals surface area contributed by atoms with E-state index in [9.17, 15) is 9.18 Å². The zero-order valence-electron chi connectivity index (χ0n) is 11.3. The second-order valence-corrected chi connectivity index (χ2v) is 5.96. The number of hydrogen-bond donors (Lipinski definition) is 2. The quantitative estimate of drug-likeness (QED) is 0.882. The van der Waals surface area contributed by atoms with E-state index in [4.69, 9.17) is 4.74 Å². The van der Waals surface area contributed by atoms with Crippen LogP contribution in [0.3, 0.4) is 0 Å². The minimum Gasteiger partial charge on any atom is -0.384 e. The first-order chi connectivity index (χ1) is 9.57. The largest absolute Gasteiger partial charge is 0.384 e. The van der Waals surface area contributed by atoms with Crippen LogP contribution in [-0.4, -0.2) is 32.7 Å². The highest BCUT2D eigenvalue weighted by Crippen LogP contribution is 2.31. The maximum Gasteiger partial charge on any atom is 0.233 e. The number of carbonyl (C=O) groups is 1. The lowest BCUT2D eigenvalue weighted by molar-refractivity contribution is -0.130. The normalized spacial score (nSPS) is 17.8. The number of piperidine rings is 1. The number of halogens is 2. The Morgan fingerprint density at radius 1 is 1.50 bits per heavy atom. The molecule has 0 saturated carbocycles. The fourth-order valence-corrected chi connectivity index (χ4v) is 2.80. The minimum atomic E-state index is -0.584. The molecule has 1 aliphatic rings. The van der Waals surface area contributed by atoms with Crippen LogP contribution in [0.5, 0.6) is 0 Å². The third-order valence-corrected chi connectivity index (χ3v) is 4.14. The summed E-state index contributed by atoms with van der Waals surface area (Å²) in [6.07, 6.45) is 1.37. The van der Waals surface area contributed by atoms with E-state index in [0.717, 1.165) is 13.1 Å². The summed E-state index contributed by atoms with van der Waals surface area (Å²) in [5.41, 5.74) is -0.383. The highest BCUT2D eigenvalue weighted by atomic mass is 79.9. The third kappa shape index (κ3) is 3.37. The first-order valence-electron chi connectivity index (χ1n) is 6.53. The molecule has 1 amide bonds. The summed E-state index contributed by atoms with van der Waals surface area (Å²) in [5.74, 6) is -0.628. The topological polar surface area (TPSA) is 50.4 Å². The van der Waals surface area contributed by atoms with Gasteiger partial charge in [0.25, 0.3) is 0 Å². The van der Waals surface area contributed by atoms with Crippen LogP contribution in [0.4, 0.5) is 10.1 Å². The molecule has 1 aromatic carbocycles. The summed E-state index contributed by atoms with van der Waals surface area (Å²) in [6, 6.07) is 4.59. The van der Waals surface area contributed by atoms with E-state index in [-0.39, 0.29) is 11.6 Å². The number of hydrogen-bond acceptors (Lipinski definition) is 3. The minimum absolute atomic E-state index is 0.179. The molecule has 4 nitrogen and oxygen atoms in total. The van der Waals surface area contributed by atoms with Gasteiger partial charge in [0.2, 0.25) is 5.91 Å². The van der Waals surface area contributed by atoms with E-state index in [1.807, 2.05) is 0 Å². The van der Waals surface area contributed by atoms with Crippen molar-refractivity contribution in [2.75, 3.05) is 32.1 Å². The summed E-state index contributed by atoms with van der Waals surface area (Å²) in [6.45, 7) is 1.87. The second kappa shape index (κ2) is 6.65. The lowest BCUT2D eigenvalue weighted by Gasteiger charge is -2.35. The van der Waals surface area contributed by atoms with Crippen molar-refractivity contribution in [2.45, 2.75) is 12.8 Å². The molecular weight excluding hydrogens is 327 g/mol. The van der Waals surface area contributed by atoms with Crippen LogP contribution in [0.2, 0.25) is 0 Å². The van der Waals surface area contributed by atoms with Crippen molar-refractivity contribution in [1.82, 2.24) is 5.32 Å². The van der Waals surface area contributed by atoms with Crippen LogP contribution >= 0.6 is 15.9 Å². The first kappa shape index (κ1) is 15.4. The molecule has 6 heteroatoms. The van der Waals surface area contributed by atoms with E-state index in [0.29, 0.717) is 23.9 Å². The smallest absolute Gasteiger partial charge is 0.233 e. The Balaban J connectivity index is 2.15. The highest BCUT2D eigenvalue weighted by Gasteiger charge is 2.39. The van der Waals surface area contributed by atoms with Crippen molar-refractivity contribution in [3.05, 3.63) is 28.5 Å². The Kier molecular flexibility index (Phi) is 5.12. The standard InChI is InChI=1S/C14H18BrFN2O2/c1-20-9-14(4-6-17-7-5-14)13(19)18-12-3-2-10(15)8-11(12)16/h2-3,8,17H,4-7,9H2,1H3,(H,18,19). The Labute approximate surface area is 126 Å². The molecule has 1 heterocycles. The van der Waals surface area contributed by atoms with Crippen LogP contribution < -0.4 is 10.6 Å². The van der Waals surface area contributed by atoms with Gasteiger partial charge in [-0.3, -0.25) is 4.79 Å². The summed E-state index contributed by atoms with van der Waals surface area (Å²) in [5, 5.41) is 5.91. The average molecular weight is 345 g/mol. The molecule has 1 aromatic rings. The lowest BCUT2D eigenvalue weighted by Crippen LogP contribution is -2.47. The number of methoxy groups -OCH3 is 1. The van der Waals surface area contributed by atoms with Gasteiger partial charge in [-0.2, -0.15) is 0 Å². The van der Waals surface area contributed by atoms with Crippen LogP contribution in [-0.2, 0) is 9.53 Å². The summed E-state index contributed by atoms with van der Waals surface area (Å²) in [4.78, 5) is 12.5. The van der Waals surface area contributed by atoms with Gasteiger partial charge in [-0.15, -0.1) is 0 Å². The van der Waals surface area contributed by atoms with E-state index in [1.165, 1.54) is 6.07 Å². The summed E-state index contributed by atoms with van der Waals surface area (Å²) in [7, 11) is 1.58. The van der Waals surface area contributed by atoms with Crippen LogP contribution in [0, 0.1) is 11.2 Å². The maximum absolute atomic E-state index is 13.8. The third-order valence-electron chi connectivity index (χ3n) is 3.64. The molecule has 110 valence electrons. The molecule has 2 rings (SSSR count). The van der Waals surface area contributed by atoms with E-state index < -0.39 is 11.2 Å². The van der Waals surface area contributed by atoms with Gasteiger partial charge >= 0.3 is 0 Å². The Morgan fingerprint density at radius 2 is 2.20 bits per heavy atom. The Bertz CT molecular complexity index is 485. The van der Waals surface area contributed by atoms with Crippen molar-refractivity contribution < 1.29 is 13.9 Å². The van der Waals surface area contributed by atoms with Crippen molar-refractivity contribution in [3.8, 4) is 0 Å². The molecule has 1 saturated heterocycles. The van der Waals surface area contributed by atoms with Gasteiger partial charge in [0.05, 0.1) is 17.7 Å². The second-order valence-electron chi connectivity index (χ2n) is 5.04. The van der Waals surface area contributed by atoms with Crippen LogP contribution in [0.1, 0.15) is 12.8 Å². The van der Waals surface area contributed by atoms with Crippen LogP contribution in [0.25, 0.3) is 0 Å². The van der Waals surface area contributed by atoms with E-state index in [1.54, 1.807) is 19.2 Å². The number of anilines is 1. The van der Waals surface area contributed by atoms with Gasteiger partial charge in [-0.05, 0) is 44.1 Å².